The van der Waals surface area contributed by atoms with Gasteiger partial charge in [-0.2, -0.15) is 5.10 Å². The lowest BCUT2D eigenvalue weighted by molar-refractivity contribution is 0.0945. The molecule has 0 radical (unpaired) electrons. The Labute approximate surface area is 168 Å². The van der Waals surface area contributed by atoms with Crippen LogP contribution in [0.1, 0.15) is 28.0 Å². The Hall–Kier alpha value is -3.32. The van der Waals surface area contributed by atoms with E-state index in [1.54, 1.807) is 14.2 Å². The predicted octanol–water partition coefficient (Wildman–Crippen LogP) is 2.57. The second-order valence-electron chi connectivity index (χ2n) is 6.80. The predicted molar refractivity (Wildman–Crippen MR) is 109 cm³/mol. The molecule has 1 aliphatic rings. The lowest BCUT2D eigenvalue weighted by atomic mass is 10.1. The summed E-state index contributed by atoms with van der Waals surface area (Å²) in [5.41, 5.74) is 5.07. The first-order chi connectivity index (χ1) is 14.2. The summed E-state index contributed by atoms with van der Waals surface area (Å²) < 4.78 is 12.7. The van der Waals surface area contributed by atoms with Gasteiger partial charge in [0.05, 0.1) is 25.6 Å². The Morgan fingerprint density at radius 3 is 2.59 bits per heavy atom. The number of para-hydroxylation sites is 1. The van der Waals surface area contributed by atoms with Gasteiger partial charge in [0.15, 0.2) is 17.2 Å². The topological polar surface area (TPSA) is 85.6 Å². The van der Waals surface area contributed by atoms with Gasteiger partial charge in [0.1, 0.15) is 0 Å². The molecule has 1 aliphatic carbocycles. The minimum absolute atomic E-state index is 0.0296. The van der Waals surface area contributed by atoms with Crippen molar-refractivity contribution in [3.05, 3.63) is 59.3 Å². The maximum Gasteiger partial charge on any atom is 0.272 e. The van der Waals surface area contributed by atoms with E-state index in [1.165, 1.54) is 0 Å². The fourth-order valence-corrected chi connectivity index (χ4v) is 3.68. The number of methoxy groups -OCH3 is 2. The third-order valence-corrected chi connectivity index (χ3v) is 5.05. The van der Waals surface area contributed by atoms with Crippen LogP contribution in [-0.4, -0.2) is 48.2 Å². The van der Waals surface area contributed by atoms with Crippen LogP contribution in [0.25, 0.3) is 16.9 Å². The summed E-state index contributed by atoms with van der Waals surface area (Å²) in [5.74, 6) is 1.05. The molecule has 2 N–H and O–H groups in total. The second kappa shape index (κ2) is 7.97. The number of hydrogen-bond donors (Lipinski definition) is 2. The quantitative estimate of drug-likeness (QED) is 0.472. The molecule has 1 heterocycles. The summed E-state index contributed by atoms with van der Waals surface area (Å²) in [4.78, 5) is 12.8. The Bertz CT molecular complexity index is 1040. The number of rotatable bonds is 7. The zero-order chi connectivity index (χ0) is 20.4. The number of aliphatic hydroxyl groups excluding tert-OH is 1. The standard InChI is InChI=1S/C22H23N3O4/c1-28-18-12-14-11-17-20(22(27)23-9-6-10-26)24-25(15-7-4-3-5-8-15)21(17)16(14)13-19(18)29-2/h3-5,7-8,12-13,26H,6,9-11H2,1-2H3,(H,23,27). The van der Waals surface area contributed by atoms with Crippen LogP contribution in [0.3, 0.4) is 0 Å². The number of fused-ring (bicyclic) bond motifs is 3. The van der Waals surface area contributed by atoms with Gasteiger partial charge < -0.3 is 19.9 Å². The molecule has 0 aliphatic heterocycles. The third-order valence-electron chi connectivity index (χ3n) is 5.05. The van der Waals surface area contributed by atoms with Gasteiger partial charge in [-0.05, 0) is 36.2 Å². The van der Waals surface area contributed by atoms with Crippen molar-refractivity contribution in [2.24, 2.45) is 0 Å². The van der Waals surface area contributed by atoms with E-state index in [2.05, 4.69) is 10.4 Å². The minimum atomic E-state index is -0.240. The highest BCUT2D eigenvalue weighted by Crippen LogP contribution is 2.44. The van der Waals surface area contributed by atoms with E-state index in [0.29, 0.717) is 36.6 Å². The molecule has 0 unspecified atom stereocenters. The Morgan fingerprint density at radius 2 is 1.90 bits per heavy atom. The molecule has 7 nitrogen and oxygen atoms in total. The Kier molecular flexibility index (Phi) is 5.22. The highest BCUT2D eigenvalue weighted by atomic mass is 16.5. The van der Waals surface area contributed by atoms with Crippen LogP contribution < -0.4 is 14.8 Å². The van der Waals surface area contributed by atoms with Crippen molar-refractivity contribution in [2.45, 2.75) is 12.8 Å². The Balaban J connectivity index is 1.85. The third kappa shape index (κ3) is 3.34. The highest BCUT2D eigenvalue weighted by Gasteiger charge is 2.32. The van der Waals surface area contributed by atoms with E-state index >= 15 is 0 Å². The largest absolute Gasteiger partial charge is 0.493 e. The average molecular weight is 393 g/mol. The number of ether oxygens (including phenoxy) is 2. The smallest absolute Gasteiger partial charge is 0.272 e. The molecule has 1 amide bonds. The highest BCUT2D eigenvalue weighted by molar-refractivity contribution is 5.97. The lowest BCUT2D eigenvalue weighted by Gasteiger charge is -2.12. The number of nitrogens with one attached hydrogen (secondary N) is 1. The number of aromatic nitrogens is 2. The molecule has 0 spiro atoms. The molecule has 0 saturated carbocycles. The molecule has 7 heteroatoms. The first-order valence-electron chi connectivity index (χ1n) is 9.49. The fourth-order valence-electron chi connectivity index (χ4n) is 3.68. The maximum atomic E-state index is 12.8. The summed E-state index contributed by atoms with van der Waals surface area (Å²) >= 11 is 0. The van der Waals surface area contributed by atoms with Gasteiger partial charge >= 0.3 is 0 Å². The SMILES string of the molecule is COc1cc2c(cc1OC)-c1c(c(C(=O)NCCCO)nn1-c1ccccc1)C2. The van der Waals surface area contributed by atoms with Crippen LogP contribution >= 0.6 is 0 Å². The lowest BCUT2D eigenvalue weighted by Crippen LogP contribution is -2.26. The summed E-state index contributed by atoms with van der Waals surface area (Å²) in [6.45, 7) is 0.429. The summed E-state index contributed by atoms with van der Waals surface area (Å²) in [7, 11) is 3.21. The van der Waals surface area contributed by atoms with Crippen molar-refractivity contribution >= 4 is 5.91 Å². The summed E-state index contributed by atoms with van der Waals surface area (Å²) in [5, 5.41) is 16.5. The molecule has 29 heavy (non-hydrogen) atoms. The van der Waals surface area contributed by atoms with E-state index in [4.69, 9.17) is 14.6 Å². The van der Waals surface area contributed by atoms with Crippen molar-refractivity contribution in [1.29, 1.82) is 0 Å². The van der Waals surface area contributed by atoms with Crippen LogP contribution in [0.2, 0.25) is 0 Å². The van der Waals surface area contributed by atoms with Crippen LogP contribution in [0.4, 0.5) is 0 Å². The van der Waals surface area contributed by atoms with Gasteiger partial charge in [0.2, 0.25) is 0 Å². The fraction of sp³-hybridized carbons (Fsp3) is 0.273. The number of hydrogen-bond acceptors (Lipinski definition) is 5. The molecule has 0 saturated heterocycles. The number of amides is 1. The van der Waals surface area contributed by atoms with Crippen molar-refractivity contribution in [1.82, 2.24) is 15.1 Å². The maximum absolute atomic E-state index is 12.8. The van der Waals surface area contributed by atoms with Gasteiger partial charge in [0.25, 0.3) is 5.91 Å². The van der Waals surface area contributed by atoms with E-state index in [-0.39, 0.29) is 12.5 Å². The molecule has 150 valence electrons. The summed E-state index contributed by atoms with van der Waals surface area (Å²) in [6.07, 6.45) is 1.09. The molecule has 3 aromatic rings. The van der Waals surface area contributed by atoms with E-state index in [0.717, 1.165) is 28.1 Å². The first-order valence-corrected chi connectivity index (χ1v) is 9.49. The van der Waals surface area contributed by atoms with Gasteiger partial charge in [-0.3, -0.25) is 4.79 Å². The average Bonchev–Trinajstić information content (AvgIpc) is 3.30. The molecule has 4 rings (SSSR count). The number of carbonyl (C=O) groups is 1. The van der Waals surface area contributed by atoms with Crippen molar-refractivity contribution < 1.29 is 19.4 Å². The van der Waals surface area contributed by atoms with Crippen molar-refractivity contribution in [2.75, 3.05) is 27.4 Å². The minimum Gasteiger partial charge on any atom is -0.493 e. The number of nitrogens with zero attached hydrogens (tertiary/aromatic N) is 2. The van der Waals surface area contributed by atoms with E-state index in [1.807, 2.05) is 47.1 Å². The zero-order valence-corrected chi connectivity index (χ0v) is 16.4. The van der Waals surface area contributed by atoms with Crippen LogP contribution in [0.15, 0.2) is 42.5 Å². The monoisotopic (exact) mass is 393 g/mol. The van der Waals surface area contributed by atoms with Crippen molar-refractivity contribution in [3.8, 4) is 28.4 Å². The van der Waals surface area contributed by atoms with Gasteiger partial charge in [-0.1, -0.05) is 18.2 Å². The zero-order valence-electron chi connectivity index (χ0n) is 16.4. The summed E-state index contributed by atoms with van der Waals surface area (Å²) in [6, 6.07) is 13.6. The molecule has 0 fully saturated rings. The molecule has 0 atom stereocenters. The van der Waals surface area contributed by atoms with Crippen LogP contribution in [0.5, 0.6) is 11.5 Å². The van der Waals surface area contributed by atoms with Crippen LogP contribution in [0, 0.1) is 0 Å². The number of aliphatic hydroxyl groups is 1. The normalized spacial score (nSPS) is 11.7. The number of carbonyl (C=O) groups excluding carboxylic acids is 1. The van der Waals surface area contributed by atoms with E-state index in [9.17, 15) is 4.79 Å². The molecule has 1 aromatic heterocycles. The molecule has 2 aromatic carbocycles. The van der Waals surface area contributed by atoms with Crippen LogP contribution in [-0.2, 0) is 6.42 Å². The van der Waals surface area contributed by atoms with E-state index < -0.39 is 0 Å². The molecular formula is C22H23N3O4. The first kappa shape index (κ1) is 19.0. The molecule has 0 bridgehead atoms. The van der Waals surface area contributed by atoms with Crippen molar-refractivity contribution in [3.63, 3.8) is 0 Å². The molecular weight excluding hydrogens is 370 g/mol. The second-order valence-corrected chi connectivity index (χ2v) is 6.80. The van der Waals surface area contributed by atoms with Gasteiger partial charge in [-0.15, -0.1) is 0 Å². The van der Waals surface area contributed by atoms with Gasteiger partial charge in [-0.25, -0.2) is 4.68 Å². The number of benzene rings is 2. The Morgan fingerprint density at radius 1 is 1.17 bits per heavy atom. The van der Waals surface area contributed by atoms with Gasteiger partial charge in [0, 0.05) is 30.7 Å².